The Balaban J connectivity index is 1.61. The lowest BCUT2D eigenvalue weighted by Gasteiger charge is -2.09. The summed E-state index contributed by atoms with van der Waals surface area (Å²) in [7, 11) is 0. The first-order valence-electron chi connectivity index (χ1n) is 7.66. The SMILES string of the molecule is Cc1ccc2cccc(NC(=O)CCOc3ccc(Cl)cc3)c2n1. The Hall–Kier alpha value is -2.59. The van der Waals surface area contributed by atoms with Crippen LogP contribution in [0.1, 0.15) is 12.1 Å². The maximum atomic E-state index is 12.1. The fraction of sp³-hybridized carbons (Fsp3) is 0.158. The molecule has 3 rings (SSSR count). The van der Waals surface area contributed by atoms with Crippen molar-refractivity contribution in [1.82, 2.24) is 4.98 Å². The van der Waals surface area contributed by atoms with Crippen molar-refractivity contribution in [1.29, 1.82) is 0 Å². The van der Waals surface area contributed by atoms with Gasteiger partial charge < -0.3 is 10.1 Å². The number of rotatable bonds is 5. The van der Waals surface area contributed by atoms with Gasteiger partial charge in [-0.3, -0.25) is 9.78 Å². The zero-order valence-corrected chi connectivity index (χ0v) is 14.0. The Kier molecular flexibility index (Phi) is 4.96. The van der Waals surface area contributed by atoms with Crippen molar-refractivity contribution in [2.75, 3.05) is 11.9 Å². The standard InChI is InChI=1S/C19H17ClN2O2/c1-13-5-6-14-3-2-4-17(19(14)21-13)22-18(23)11-12-24-16-9-7-15(20)8-10-16/h2-10H,11-12H2,1H3,(H,22,23). The second kappa shape index (κ2) is 7.32. The molecule has 0 fully saturated rings. The van der Waals surface area contributed by atoms with Crippen LogP contribution in [0.4, 0.5) is 5.69 Å². The largest absolute Gasteiger partial charge is 0.493 e. The van der Waals surface area contributed by atoms with Crippen LogP contribution in [0.5, 0.6) is 5.75 Å². The third-order valence-electron chi connectivity index (χ3n) is 3.55. The molecule has 122 valence electrons. The number of para-hydroxylation sites is 1. The minimum Gasteiger partial charge on any atom is -0.493 e. The molecular weight excluding hydrogens is 324 g/mol. The van der Waals surface area contributed by atoms with Crippen LogP contribution in [0.2, 0.25) is 5.02 Å². The number of pyridine rings is 1. The molecule has 2 aromatic carbocycles. The number of nitrogens with one attached hydrogen (secondary N) is 1. The summed E-state index contributed by atoms with van der Waals surface area (Å²) in [6.45, 7) is 2.22. The van der Waals surface area contributed by atoms with E-state index in [1.807, 2.05) is 37.3 Å². The highest BCUT2D eigenvalue weighted by Crippen LogP contribution is 2.22. The smallest absolute Gasteiger partial charge is 0.227 e. The molecule has 1 N–H and O–H groups in total. The summed E-state index contributed by atoms with van der Waals surface area (Å²) in [4.78, 5) is 16.7. The number of ether oxygens (including phenoxy) is 1. The average Bonchev–Trinajstić information content (AvgIpc) is 2.57. The van der Waals surface area contributed by atoms with E-state index < -0.39 is 0 Å². The van der Waals surface area contributed by atoms with E-state index in [0.717, 1.165) is 16.6 Å². The van der Waals surface area contributed by atoms with Crippen LogP contribution in [0.15, 0.2) is 54.6 Å². The van der Waals surface area contributed by atoms with Crippen LogP contribution in [0.25, 0.3) is 10.9 Å². The highest BCUT2D eigenvalue weighted by Gasteiger charge is 2.07. The summed E-state index contributed by atoms with van der Waals surface area (Å²) in [5, 5.41) is 4.55. The minimum absolute atomic E-state index is 0.111. The molecule has 0 saturated carbocycles. The molecule has 0 aliphatic rings. The molecule has 0 atom stereocenters. The lowest BCUT2D eigenvalue weighted by Crippen LogP contribution is -2.15. The zero-order chi connectivity index (χ0) is 16.9. The van der Waals surface area contributed by atoms with Gasteiger partial charge in [0.05, 0.1) is 24.2 Å². The van der Waals surface area contributed by atoms with E-state index in [2.05, 4.69) is 10.3 Å². The molecule has 0 radical (unpaired) electrons. The van der Waals surface area contributed by atoms with E-state index in [9.17, 15) is 4.79 Å². The van der Waals surface area contributed by atoms with Crippen molar-refractivity contribution in [3.8, 4) is 5.75 Å². The average molecular weight is 341 g/mol. The zero-order valence-electron chi connectivity index (χ0n) is 13.3. The second-order valence-electron chi connectivity index (χ2n) is 5.43. The third kappa shape index (κ3) is 4.03. The highest BCUT2D eigenvalue weighted by atomic mass is 35.5. The summed E-state index contributed by atoms with van der Waals surface area (Å²) in [6, 6.07) is 16.7. The Bertz CT molecular complexity index is 863. The van der Waals surface area contributed by atoms with Crippen molar-refractivity contribution in [2.45, 2.75) is 13.3 Å². The van der Waals surface area contributed by atoms with Gasteiger partial charge in [-0.05, 0) is 43.3 Å². The quantitative estimate of drug-likeness (QED) is 0.738. The van der Waals surface area contributed by atoms with E-state index in [-0.39, 0.29) is 12.3 Å². The molecule has 0 bridgehead atoms. The Morgan fingerprint density at radius 2 is 1.92 bits per heavy atom. The van der Waals surface area contributed by atoms with Gasteiger partial charge in [0, 0.05) is 16.1 Å². The maximum absolute atomic E-state index is 12.1. The lowest BCUT2D eigenvalue weighted by atomic mass is 10.1. The van der Waals surface area contributed by atoms with Gasteiger partial charge in [0.25, 0.3) is 0 Å². The van der Waals surface area contributed by atoms with Gasteiger partial charge in [-0.2, -0.15) is 0 Å². The topological polar surface area (TPSA) is 51.2 Å². The van der Waals surface area contributed by atoms with Gasteiger partial charge in [0.2, 0.25) is 5.91 Å². The van der Waals surface area contributed by atoms with E-state index in [1.165, 1.54) is 0 Å². The molecule has 1 heterocycles. The number of halogens is 1. The van der Waals surface area contributed by atoms with Crippen molar-refractivity contribution in [3.63, 3.8) is 0 Å². The van der Waals surface area contributed by atoms with E-state index in [4.69, 9.17) is 16.3 Å². The van der Waals surface area contributed by atoms with Crippen LogP contribution in [-0.4, -0.2) is 17.5 Å². The molecule has 1 aromatic heterocycles. The number of carbonyl (C=O) groups is 1. The van der Waals surface area contributed by atoms with Gasteiger partial charge in [0.15, 0.2) is 0 Å². The number of fused-ring (bicyclic) bond motifs is 1. The summed E-state index contributed by atoms with van der Waals surface area (Å²) in [5.74, 6) is 0.578. The first kappa shape index (κ1) is 16.3. The van der Waals surface area contributed by atoms with Gasteiger partial charge in [-0.15, -0.1) is 0 Å². The fourth-order valence-corrected chi connectivity index (χ4v) is 2.48. The first-order valence-corrected chi connectivity index (χ1v) is 8.04. The van der Waals surface area contributed by atoms with Crippen molar-refractivity contribution >= 4 is 34.1 Å². The van der Waals surface area contributed by atoms with Gasteiger partial charge >= 0.3 is 0 Å². The summed E-state index contributed by atoms with van der Waals surface area (Å²) >= 11 is 5.82. The normalized spacial score (nSPS) is 10.6. The molecule has 3 aromatic rings. The van der Waals surface area contributed by atoms with Crippen LogP contribution < -0.4 is 10.1 Å². The number of aromatic nitrogens is 1. The minimum atomic E-state index is -0.111. The van der Waals surface area contributed by atoms with Crippen LogP contribution in [0.3, 0.4) is 0 Å². The van der Waals surface area contributed by atoms with Crippen LogP contribution in [0, 0.1) is 6.92 Å². The molecule has 0 aliphatic carbocycles. The number of hydrogen-bond donors (Lipinski definition) is 1. The van der Waals surface area contributed by atoms with Gasteiger partial charge in [0.1, 0.15) is 5.75 Å². The number of anilines is 1. The van der Waals surface area contributed by atoms with Crippen molar-refractivity contribution in [3.05, 3.63) is 65.3 Å². The van der Waals surface area contributed by atoms with Crippen LogP contribution >= 0.6 is 11.6 Å². The third-order valence-corrected chi connectivity index (χ3v) is 3.80. The molecule has 5 heteroatoms. The molecule has 24 heavy (non-hydrogen) atoms. The number of aryl methyl sites for hydroxylation is 1. The maximum Gasteiger partial charge on any atom is 0.227 e. The van der Waals surface area contributed by atoms with Gasteiger partial charge in [-0.25, -0.2) is 0 Å². The van der Waals surface area contributed by atoms with Crippen LogP contribution in [-0.2, 0) is 4.79 Å². The van der Waals surface area contributed by atoms with E-state index >= 15 is 0 Å². The monoisotopic (exact) mass is 340 g/mol. The number of benzene rings is 2. The molecular formula is C19H17ClN2O2. The molecule has 0 saturated heterocycles. The predicted octanol–water partition coefficient (Wildman–Crippen LogP) is 4.60. The Morgan fingerprint density at radius 3 is 2.71 bits per heavy atom. The Morgan fingerprint density at radius 1 is 1.12 bits per heavy atom. The summed E-state index contributed by atoms with van der Waals surface area (Å²) < 4.78 is 5.54. The van der Waals surface area contributed by atoms with E-state index in [0.29, 0.717) is 23.1 Å². The molecule has 0 spiro atoms. The fourth-order valence-electron chi connectivity index (χ4n) is 2.35. The number of hydrogen-bond acceptors (Lipinski definition) is 3. The predicted molar refractivity (Wildman–Crippen MR) is 96.7 cm³/mol. The molecule has 0 unspecified atom stereocenters. The number of amides is 1. The summed E-state index contributed by atoms with van der Waals surface area (Å²) in [6.07, 6.45) is 0.255. The molecule has 0 aliphatic heterocycles. The lowest BCUT2D eigenvalue weighted by molar-refractivity contribution is -0.116. The van der Waals surface area contributed by atoms with Crippen molar-refractivity contribution < 1.29 is 9.53 Å². The number of carbonyl (C=O) groups excluding carboxylic acids is 1. The molecule has 1 amide bonds. The second-order valence-corrected chi connectivity index (χ2v) is 5.87. The first-order chi connectivity index (χ1) is 11.6. The number of nitrogens with zero attached hydrogens (tertiary/aromatic N) is 1. The molecule has 4 nitrogen and oxygen atoms in total. The summed E-state index contributed by atoms with van der Waals surface area (Å²) in [5.41, 5.74) is 2.42. The van der Waals surface area contributed by atoms with E-state index in [1.54, 1.807) is 24.3 Å². The Labute approximate surface area is 145 Å². The van der Waals surface area contributed by atoms with Gasteiger partial charge in [-0.1, -0.05) is 29.8 Å². The van der Waals surface area contributed by atoms with Crippen molar-refractivity contribution in [2.24, 2.45) is 0 Å². The highest BCUT2D eigenvalue weighted by molar-refractivity contribution is 6.30.